The molecule has 1 aliphatic heterocycles. The summed E-state index contributed by atoms with van der Waals surface area (Å²) in [5.74, 6) is -4.14. The summed E-state index contributed by atoms with van der Waals surface area (Å²) in [5.41, 5.74) is -1.42. The van der Waals surface area contributed by atoms with Gasteiger partial charge >= 0.3 is 11.9 Å². The van der Waals surface area contributed by atoms with Crippen LogP contribution in [0.5, 0.6) is 0 Å². The van der Waals surface area contributed by atoms with Gasteiger partial charge in [0.1, 0.15) is 0 Å². The van der Waals surface area contributed by atoms with Gasteiger partial charge in [-0.1, -0.05) is 12.1 Å². The number of ether oxygens (including phenoxy) is 1. The molecule has 10 nitrogen and oxygen atoms in total. The van der Waals surface area contributed by atoms with Crippen LogP contribution < -0.4 is 0 Å². The Bertz CT molecular complexity index is 953. The molecule has 10 heteroatoms. The Labute approximate surface area is 179 Å². The number of nitro benzene ring substituents is 1. The summed E-state index contributed by atoms with van der Waals surface area (Å²) in [6, 6.07) is 7.55. The number of hydrogen-bond donors (Lipinski definition) is 2. The lowest BCUT2D eigenvalue weighted by molar-refractivity contribution is -0.384. The SMILES string of the molecule is COCCC(C#N)CN1CC(C)(C(=O)O)C(c2cccc([N+](=O)[O-])c2)C(C(=O)O)=C1C. The smallest absolute Gasteiger partial charge is 0.333 e. The number of aliphatic carboxylic acids is 2. The van der Waals surface area contributed by atoms with E-state index in [2.05, 4.69) is 6.07 Å². The predicted octanol–water partition coefficient (Wildman–Crippen LogP) is 2.62. The van der Waals surface area contributed by atoms with Crippen molar-refractivity contribution in [2.45, 2.75) is 26.2 Å². The molecule has 0 saturated heterocycles. The molecule has 0 spiro atoms. The zero-order chi connectivity index (χ0) is 23.3. The lowest BCUT2D eigenvalue weighted by Crippen LogP contribution is -2.51. The Kier molecular flexibility index (Phi) is 7.36. The monoisotopic (exact) mass is 431 g/mol. The molecule has 3 unspecified atom stereocenters. The maximum atomic E-state index is 12.4. The van der Waals surface area contributed by atoms with Crippen molar-refractivity contribution in [1.29, 1.82) is 5.26 Å². The maximum absolute atomic E-state index is 12.4. The van der Waals surface area contributed by atoms with Crippen LogP contribution in [0.1, 0.15) is 31.7 Å². The number of carbonyl (C=O) groups is 2. The van der Waals surface area contributed by atoms with Gasteiger partial charge in [-0.25, -0.2) is 4.79 Å². The van der Waals surface area contributed by atoms with Gasteiger partial charge in [0.15, 0.2) is 0 Å². The van der Waals surface area contributed by atoms with Crippen molar-refractivity contribution in [2.24, 2.45) is 11.3 Å². The van der Waals surface area contributed by atoms with Crippen LogP contribution in [0.3, 0.4) is 0 Å². The first-order valence-corrected chi connectivity index (χ1v) is 9.62. The van der Waals surface area contributed by atoms with E-state index in [9.17, 15) is 35.2 Å². The number of allylic oxidation sites excluding steroid dienone is 1. The number of hydrogen-bond acceptors (Lipinski definition) is 7. The normalized spacial score (nSPS) is 22.0. The third-order valence-corrected chi connectivity index (χ3v) is 5.74. The van der Waals surface area contributed by atoms with Crippen LogP contribution in [0.4, 0.5) is 5.69 Å². The van der Waals surface area contributed by atoms with Gasteiger partial charge < -0.3 is 19.8 Å². The number of carboxylic acid groups (broad SMARTS) is 2. The van der Waals surface area contributed by atoms with Gasteiger partial charge in [0.2, 0.25) is 0 Å². The highest BCUT2D eigenvalue weighted by atomic mass is 16.6. The number of nitro groups is 1. The number of nitrogens with zero attached hydrogens (tertiary/aromatic N) is 3. The average Bonchev–Trinajstić information content (AvgIpc) is 2.72. The van der Waals surface area contributed by atoms with Crippen molar-refractivity contribution >= 4 is 17.6 Å². The fourth-order valence-electron chi connectivity index (χ4n) is 4.05. The van der Waals surface area contributed by atoms with E-state index in [-0.39, 0.29) is 29.9 Å². The van der Waals surface area contributed by atoms with Crippen LogP contribution in [-0.2, 0) is 14.3 Å². The lowest BCUT2D eigenvalue weighted by Gasteiger charge is -2.46. The minimum atomic E-state index is -1.59. The van der Waals surface area contributed by atoms with E-state index in [0.29, 0.717) is 18.7 Å². The molecule has 1 heterocycles. The molecule has 3 atom stereocenters. The zero-order valence-corrected chi connectivity index (χ0v) is 17.6. The molecule has 0 aliphatic carbocycles. The van der Waals surface area contributed by atoms with E-state index in [0.717, 1.165) is 0 Å². The first kappa shape index (κ1) is 23.8. The summed E-state index contributed by atoms with van der Waals surface area (Å²) < 4.78 is 5.01. The summed E-state index contributed by atoms with van der Waals surface area (Å²) in [5, 5.41) is 40.7. The molecule has 1 aromatic rings. The highest BCUT2D eigenvalue weighted by Crippen LogP contribution is 2.48. The quantitative estimate of drug-likeness (QED) is 0.443. The molecule has 0 fully saturated rings. The Morgan fingerprint density at radius 1 is 1.45 bits per heavy atom. The number of carboxylic acids is 2. The molecule has 0 bridgehead atoms. The predicted molar refractivity (Wildman–Crippen MR) is 109 cm³/mol. The van der Waals surface area contributed by atoms with E-state index in [1.165, 1.54) is 38.3 Å². The van der Waals surface area contributed by atoms with Crippen LogP contribution in [0.25, 0.3) is 0 Å². The Balaban J connectivity index is 2.64. The summed E-state index contributed by atoms with van der Waals surface area (Å²) in [7, 11) is 1.51. The van der Waals surface area contributed by atoms with E-state index >= 15 is 0 Å². The summed E-state index contributed by atoms with van der Waals surface area (Å²) >= 11 is 0. The minimum Gasteiger partial charge on any atom is -0.481 e. The molecule has 2 rings (SSSR count). The first-order chi connectivity index (χ1) is 14.6. The van der Waals surface area contributed by atoms with Crippen LogP contribution in [0, 0.1) is 32.8 Å². The van der Waals surface area contributed by atoms with E-state index in [1.807, 2.05) is 0 Å². The summed E-state index contributed by atoms with van der Waals surface area (Å²) in [4.78, 5) is 36.8. The lowest BCUT2D eigenvalue weighted by atomic mass is 9.66. The summed E-state index contributed by atoms with van der Waals surface area (Å²) in [6.07, 6.45) is 0.414. The van der Waals surface area contributed by atoms with Crippen molar-refractivity contribution in [3.8, 4) is 6.07 Å². The van der Waals surface area contributed by atoms with Gasteiger partial charge in [0, 0.05) is 50.6 Å². The molecule has 0 saturated carbocycles. The molecule has 0 amide bonds. The molecule has 2 N–H and O–H groups in total. The van der Waals surface area contributed by atoms with Crippen molar-refractivity contribution in [3.63, 3.8) is 0 Å². The minimum absolute atomic E-state index is 0.0521. The molecule has 31 heavy (non-hydrogen) atoms. The van der Waals surface area contributed by atoms with E-state index in [4.69, 9.17) is 4.74 Å². The average molecular weight is 431 g/mol. The highest BCUT2D eigenvalue weighted by Gasteiger charge is 2.51. The van der Waals surface area contributed by atoms with Crippen molar-refractivity contribution in [1.82, 2.24) is 4.90 Å². The number of non-ortho nitro benzene ring substituents is 1. The van der Waals surface area contributed by atoms with E-state index in [1.54, 1.807) is 11.8 Å². The number of methoxy groups -OCH3 is 1. The van der Waals surface area contributed by atoms with Gasteiger partial charge in [-0.3, -0.25) is 14.9 Å². The zero-order valence-electron chi connectivity index (χ0n) is 17.6. The highest BCUT2D eigenvalue weighted by molar-refractivity contribution is 5.92. The van der Waals surface area contributed by atoms with Crippen molar-refractivity contribution < 1.29 is 29.5 Å². The first-order valence-electron chi connectivity index (χ1n) is 9.62. The van der Waals surface area contributed by atoms with Crippen LogP contribution >= 0.6 is 0 Å². The number of rotatable bonds is 9. The van der Waals surface area contributed by atoms with Crippen LogP contribution in [0.2, 0.25) is 0 Å². The fraction of sp³-hybridized carbons (Fsp3) is 0.476. The number of nitriles is 1. The second-order valence-electron chi connectivity index (χ2n) is 7.80. The fourth-order valence-corrected chi connectivity index (χ4v) is 4.05. The van der Waals surface area contributed by atoms with Crippen molar-refractivity contribution in [2.75, 3.05) is 26.8 Å². The van der Waals surface area contributed by atoms with Crippen LogP contribution in [0.15, 0.2) is 35.5 Å². The van der Waals surface area contributed by atoms with Gasteiger partial charge in [0.05, 0.1) is 27.9 Å². The standard InChI is InChI=1S/C21H25N3O7/c1-13-17(19(25)26)18(15-5-4-6-16(9-15)24(29)30)21(2,20(27)28)12-23(13)11-14(10-22)7-8-31-3/h4-6,9,14,18H,7-8,11-12H2,1-3H3,(H,25,26)(H,27,28). The molecule has 1 aliphatic rings. The van der Waals surface area contributed by atoms with Gasteiger partial charge in [0.25, 0.3) is 5.69 Å². The second kappa shape index (κ2) is 9.57. The third-order valence-electron chi connectivity index (χ3n) is 5.74. The Morgan fingerprint density at radius 2 is 2.13 bits per heavy atom. The summed E-state index contributed by atoms with van der Waals surface area (Å²) in [6.45, 7) is 3.43. The molecular weight excluding hydrogens is 406 g/mol. The number of benzene rings is 1. The van der Waals surface area contributed by atoms with Crippen molar-refractivity contribution in [3.05, 3.63) is 51.2 Å². The van der Waals surface area contributed by atoms with Crippen LogP contribution in [-0.4, -0.2) is 58.8 Å². The topological polar surface area (TPSA) is 154 Å². The van der Waals surface area contributed by atoms with E-state index < -0.39 is 34.1 Å². The molecule has 0 radical (unpaired) electrons. The third kappa shape index (κ3) is 4.83. The molecule has 0 aromatic heterocycles. The Morgan fingerprint density at radius 3 is 2.65 bits per heavy atom. The molecule has 166 valence electrons. The Hall–Kier alpha value is -3.45. The van der Waals surface area contributed by atoms with Gasteiger partial charge in [-0.2, -0.15) is 5.26 Å². The second-order valence-corrected chi connectivity index (χ2v) is 7.80. The molecule has 1 aromatic carbocycles. The largest absolute Gasteiger partial charge is 0.481 e. The van der Waals surface area contributed by atoms with Gasteiger partial charge in [-0.05, 0) is 25.8 Å². The molecular formula is C21H25N3O7. The van der Waals surface area contributed by atoms with Gasteiger partial charge in [-0.15, -0.1) is 0 Å². The maximum Gasteiger partial charge on any atom is 0.333 e.